The Morgan fingerprint density at radius 1 is 1.24 bits per heavy atom. The predicted octanol–water partition coefficient (Wildman–Crippen LogP) is 3.78. The first kappa shape index (κ1) is 22.1. The molecule has 1 aliphatic rings. The average Bonchev–Trinajstić information content (AvgIpc) is 3.26. The predicted molar refractivity (Wildman–Crippen MR) is 121 cm³/mol. The number of hydrogen-bond donors (Lipinski definition) is 2. The molecule has 12 heteroatoms. The van der Waals surface area contributed by atoms with E-state index < -0.39 is 16.9 Å². The van der Waals surface area contributed by atoms with Gasteiger partial charge in [-0.3, -0.25) is 14.9 Å². The summed E-state index contributed by atoms with van der Waals surface area (Å²) in [7, 11) is 2.91. The third-order valence-electron chi connectivity index (χ3n) is 5.16. The number of benzene rings is 2. The molecule has 3 aromatic rings. The lowest BCUT2D eigenvalue weighted by Crippen LogP contribution is -2.31. The molecule has 2 N–H and O–H groups in total. The zero-order valence-electron chi connectivity index (χ0n) is 17.8. The van der Waals surface area contributed by atoms with Crippen molar-refractivity contribution in [2.45, 2.75) is 13.0 Å². The molecule has 4 rings (SSSR count). The van der Waals surface area contributed by atoms with Gasteiger partial charge in [0.2, 0.25) is 5.95 Å². The Bertz CT molecular complexity index is 1290. The highest BCUT2D eigenvalue weighted by atomic mass is 35.5. The van der Waals surface area contributed by atoms with Crippen LogP contribution in [0, 0.1) is 10.1 Å². The fourth-order valence-corrected chi connectivity index (χ4v) is 3.88. The molecule has 1 atom stereocenters. The van der Waals surface area contributed by atoms with Gasteiger partial charge in [0, 0.05) is 30.0 Å². The number of nitro groups is 1. The van der Waals surface area contributed by atoms with E-state index in [9.17, 15) is 14.9 Å². The number of aromatic nitrogens is 3. The highest BCUT2D eigenvalue weighted by molar-refractivity contribution is 6.32. The molecule has 0 bridgehead atoms. The summed E-state index contributed by atoms with van der Waals surface area (Å²) in [5.74, 6) is 0.630. The van der Waals surface area contributed by atoms with E-state index in [-0.39, 0.29) is 5.69 Å². The number of carbonyl (C=O) groups excluding carboxylic acids is 1. The zero-order chi connectivity index (χ0) is 23.7. The van der Waals surface area contributed by atoms with E-state index in [1.54, 1.807) is 25.1 Å². The van der Waals surface area contributed by atoms with Crippen LogP contribution >= 0.6 is 11.6 Å². The van der Waals surface area contributed by atoms with E-state index >= 15 is 0 Å². The van der Waals surface area contributed by atoms with Crippen molar-refractivity contribution in [1.82, 2.24) is 14.8 Å². The molecule has 33 heavy (non-hydrogen) atoms. The van der Waals surface area contributed by atoms with Crippen molar-refractivity contribution < 1.29 is 19.2 Å². The molecule has 1 amide bonds. The molecule has 170 valence electrons. The standard InChI is InChI=1S/C21H19ClN6O5/c1-11-18(20(29)26-15-9-16(32-2)14(22)8-17(15)33-3)19(27-21(25-11)23-10-24-27)12-5-4-6-13(7-12)28(30)31/h4-10,19H,1-3H3,(H,26,29)(H,23,24,25)/t19-/m0/s1. The van der Waals surface area contributed by atoms with Crippen molar-refractivity contribution in [3.8, 4) is 11.5 Å². The number of fused-ring (bicyclic) bond motifs is 1. The molecule has 1 aromatic heterocycles. The Morgan fingerprint density at radius 2 is 2.00 bits per heavy atom. The van der Waals surface area contributed by atoms with E-state index in [0.29, 0.717) is 45.0 Å². The van der Waals surface area contributed by atoms with Crippen molar-refractivity contribution in [2.24, 2.45) is 0 Å². The van der Waals surface area contributed by atoms with E-state index in [2.05, 4.69) is 20.7 Å². The van der Waals surface area contributed by atoms with Gasteiger partial charge in [-0.15, -0.1) is 0 Å². The summed E-state index contributed by atoms with van der Waals surface area (Å²) in [6.45, 7) is 1.72. The van der Waals surface area contributed by atoms with Crippen molar-refractivity contribution in [3.63, 3.8) is 0 Å². The third-order valence-corrected chi connectivity index (χ3v) is 5.45. The fourth-order valence-electron chi connectivity index (χ4n) is 3.65. The van der Waals surface area contributed by atoms with E-state index in [1.807, 2.05) is 0 Å². The van der Waals surface area contributed by atoms with Gasteiger partial charge in [-0.2, -0.15) is 10.1 Å². The molecule has 11 nitrogen and oxygen atoms in total. The quantitative estimate of drug-likeness (QED) is 0.410. The van der Waals surface area contributed by atoms with Gasteiger partial charge in [-0.05, 0) is 12.5 Å². The molecule has 0 saturated carbocycles. The number of rotatable bonds is 6. The van der Waals surface area contributed by atoms with Gasteiger partial charge in [0.05, 0.1) is 35.4 Å². The minimum Gasteiger partial charge on any atom is -0.495 e. The van der Waals surface area contributed by atoms with Gasteiger partial charge in [0.15, 0.2) is 0 Å². The Balaban J connectivity index is 1.79. The average molecular weight is 471 g/mol. The van der Waals surface area contributed by atoms with Crippen LogP contribution in [0.25, 0.3) is 0 Å². The Morgan fingerprint density at radius 3 is 2.70 bits per heavy atom. The van der Waals surface area contributed by atoms with Gasteiger partial charge in [0.1, 0.15) is 23.9 Å². The van der Waals surface area contributed by atoms with Crippen LogP contribution in [-0.4, -0.2) is 39.8 Å². The monoisotopic (exact) mass is 470 g/mol. The summed E-state index contributed by atoms with van der Waals surface area (Å²) in [6, 6.07) is 8.37. The Labute approximate surface area is 193 Å². The highest BCUT2D eigenvalue weighted by Crippen LogP contribution is 2.39. The van der Waals surface area contributed by atoms with Crippen LogP contribution in [0.3, 0.4) is 0 Å². The number of allylic oxidation sites excluding steroid dienone is 1. The maximum Gasteiger partial charge on any atom is 0.269 e. The molecule has 2 heterocycles. The molecule has 0 fully saturated rings. The van der Waals surface area contributed by atoms with E-state index in [1.165, 1.54) is 43.4 Å². The molecule has 2 aromatic carbocycles. The number of nitrogens with zero attached hydrogens (tertiary/aromatic N) is 4. The van der Waals surface area contributed by atoms with Gasteiger partial charge in [-0.25, -0.2) is 4.68 Å². The van der Waals surface area contributed by atoms with E-state index in [0.717, 1.165) is 0 Å². The van der Waals surface area contributed by atoms with Crippen molar-refractivity contribution in [3.05, 3.63) is 74.7 Å². The summed E-state index contributed by atoms with van der Waals surface area (Å²) in [5, 5.41) is 21.8. The van der Waals surface area contributed by atoms with Crippen molar-refractivity contribution in [1.29, 1.82) is 0 Å². The first-order valence-electron chi connectivity index (χ1n) is 9.68. The molecular weight excluding hydrogens is 452 g/mol. The SMILES string of the molecule is COc1cc(NC(=O)C2=C(C)Nc3ncnn3[C@H]2c2cccc([N+](=O)[O-])c2)c(OC)cc1Cl. The lowest BCUT2D eigenvalue weighted by Gasteiger charge is -2.28. The second-order valence-corrected chi connectivity index (χ2v) is 7.49. The zero-order valence-corrected chi connectivity index (χ0v) is 18.6. The van der Waals surface area contributed by atoms with Crippen LogP contribution < -0.4 is 20.1 Å². The molecule has 0 radical (unpaired) electrons. The smallest absolute Gasteiger partial charge is 0.269 e. The molecular formula is C21H19ClN6O5. The maximum atomic E-state index is 13.5. The summed E-state index contributed by atoms with van der Waals surface area (Å²) < 4.78 is 12.1. The molecule has 1 aliphatic heterocycles. The summed E-state index contributed by atoms with van der Waals surface area (Å²) in [4.78, 5) is 28.5. The van der Waals surface area contributed by atoms with Crippen molar-refractivity contribution >= 4 is 34.8 Å². The number of halogens is 1. The number of anilines is 2. The molecule has 0 spiro atoms. The van der Waals surface area contributed by atoms with Crippen LogP contribution in [-0.2, 0) is 4.79 Å². The van der Waals surface area contributed by atoms with Crippen LogP contribution in [0.1, 0.15) is 18.5 Å². The summed E-state index contributed by atoms with van der Waals surface area (Å²) in [5.41, 5.74) is 1.55. The summed E-state index contributed by atoms with van der Waals surface area (Å²) in [6.07, 6.45) is 1.34. The van der Waals surface area contributed by atoms with Crippen LogP contribution in [0.4, 0.5) is 17.3 Å². The number of ether oxygens (including phenoxy) is 2. The van der Waals surface area contributed by atoms with Crippen LogP contribution in [0.2, 0.25) is 5.02 Å². The molecule has 0 unspecified atom stereocenters. The Kier molecular flexibility index (Phi) is 5.88. The number of amides is 1. The van der Waals surface area contributed by atoms with Gasteiger partial charge in [-0.1, -0.05) is 23.7 Å². The lowest BCUT2D eigenvalue weighted by atomic mass is 9.94. The number of hydrogen-bond acceptors (Lipinski definition) is 8. The number of methoxy groups -OCH3 is 2. The van der Waals surface area contributed by atoms with Crippen LogP contribution in [0.15, 0.2) is 54.0 Å². The Hall–Kier alpha value is -4.12. The first-order chi connectivity index (χ1) is 15.8. The third kappa shape index (κ3) is 4.05. The lowest BCUT2D eigenvalue weighted by molar-refractivity contribution is -0.384. The maximum absolute atomic E-state index is 13.5. The van der Waals surface area contributed by atoms with E-state index in [4.69, 9.17) is 21.1 Å². The van der Waals surface area contributed by atoms with Crippen molar-refractivity contribution in [2.75, 3.05) is 24.9 Å². The second-order valence-electron chi connectivity index (χ2n) is 7.09. The minimum absolute atomic E-state index is 0.103. The number of nitro benzene ring substituents is 1. The van der Waals surface area contributed by atoms with Crippen LogP contribution in [0.5, 0.6) is 11.5 Å². The molecule has 0 saturated heterocycles. The normalized spacial score (nSPS) is 14.8. The molecule has 0 aliphatic carbocycles. The topological polar surface area (TPSA) is 133 Å². The first-order valence-corrected chi connectivity index (χ1v) is 10.1. The fraction of sp³-hybridized carbons (Fsp3) is 0.190. The highest BCUT2D eigenvalue weighted by Gasteiger charge is 2.34. The van der Waals surface area contributed by atoms with Gasteiger partial charge >= 0.3 is 0 Å². The number of carbonyl (C=O) groups is 1. The van der Waals surface area contributed by atoms with Gasteiger partial charge in [0.25, 0.3) is 11.6 Å². The minimum atomic E-state index is -0.760. The van der Waals surface area contributed by atoms with Gasteiger partial charge < -0.3 is 20.1 Å². The number of non-ortho nitro benzene ring substituents is 1. The largest absolute Gasteiger partial charge is 0.495 e. The second kappa shape index (κ2) is 8.79. The summed E-state index contributed by atoms with van der Waals surface area (Å²) >= 11 is 6.17. The number of nitrogens with one attached hydrogen (secondary N) is 2.